The molecule has 3 rings (SSSR count). The summed E-state index contributed by atoms with van der Waals surface area (Å²) < 4.78 is 0. The van der Waals surface area contributed by atoms with Gasteiger partial charge in [-0.15, -0.1) is 11.3 Å². The number of carbonyl (C=O) groups excluding carboxylic acids is 3. The van der Waals surface area contributed by atoms with Crippen molar-refractivity contribution in [2.45, 2.75) is 18.9 Å². The lowest BCUT2D eigenvalue weighted by Crippen LogP contribution is -2.45. The molecule has 1 N–H and O–H groups in total. The number of hydrogen-bond acceptors (Lipinski definition) is 4. The van der Waals surface area contributed by atoms with Gasteiger partial charge in [0.2, 0.25) is 5.91 Å². The van der Waals surface area contributed by atoms with Gasteiger partial charge in [0.15, 0.2) is 0 Å². The monoisotopic (exact) mass is 405 g/mol. The van der Waals surface area contributed by atoms with Crippen LogP contribution in [0.1, 0.15) is 32.9 Å². The van der Waals surface area contributed by atoms with E-state index in [0.29, 0.717) is 34.1 Å². The maximum absolute atomic E-state index is 13.0. The highest BCUT2D eigenvalue weighted by Crippen LogP contribution is 2.27. The molecule has 3 amide bonds. The third kappa shape index (κ3) is 4.14. The Labute approximate surface area is 166 Å². The van der Waals surface area contributed by atoms with E-state index in [4.69, 9.17) is 11.6 Å². The van der Waals surface area contributed by atoms with Crippen molar-refractivity contribution in [3.63, 3.8) is 0 Å². The predicted octanol–water partition coefficient (Wildman–Crippen LogP) is 3.35. The van der Waals surface area contributed by atoms with Gasteiger partial charge >= 0.3 is 0 Å². The first-order valence-electron chi connectivity index (χ1n) is 8.55. The van der Waals surface area contributed by atoms with Gasteiger partial charge in [-0.3, -0.25) is 14.4 Å². The van der Waals surface area contributed by atoms with E-state index in [1.165, 1.54) is 16.2 Å². The highest BCUT2D eigenvalue weighted by molar-refractivity contribution is 7.12. The van der Waals surface area contributed by atoms with Gasteiger partial charge in [-0.05, 0) is 42.5 Å². The molecule has 1 atom stereocenters. The first-order valence-corrected chi connectivity index (χ1v) is 9.81. The summed E-state index contributed by atoms with van der Waals surface area (Å²) in [7, 11) is 3.37. The zero-order valence-corrected chi connectivity index (χ0v) is 16.6. The van der Waals surface area contributed by atoms with Crippen LogP contribution in [-0.4, -0.2) is 54.2 Å². The molecule has 1 aliphatic heterocycles. The van der Waals surface area contributed by atoms with E-state index >= 15 is 0 Å². The molecule has 142 valence electrons. The number of carbonyl (C=O) groups is 3. The molecule has 1 aliphatic rings. The molecule has 1 saturated heterocycles. The number of nitrogens with one attached hydrogen (secondary N) is 1. The summed E-state index contributed by atoms with van der Waals surface area (Å²) in [6.07, 6.45) is 1.43. The molecule has 2 aromatic rings. The van der Waals surface area contributed by atoms with Crippen molar-refractivity contribution in [1.29, 1.82) is 0 Å². The molecule has 1 unspecified atom stereocenters. The SMILES string of the molecule is CN(C)C(=O)C1CCCN1C(=O)c1ccc(Cl)c(NC(=O)c2cccs2)c1. The molecule has 0 saturated carbocycles. The van der Waals surface area contributed by atoms with Crippen LogP contribution in [0.2, 0.25) is 5.02 Å². The van der Waals surface area contributed by atoms with Gasteiger partial charge in [0, 0.05) is 26.2 Å². The van der Waals surface area contributed by atoms with E-state index < -0.39 is 6.04 Å². The van der Waals surface area contributed by atoms with Crippen molar-refractivity contribution >= 4 is 46.3 Å². The molecular formula is C19H20ClN3O3S. The van der Waals surface area contributed by atoms with Crippen LogP contribution in [0.25, 0.3) is 0 Å². The molecule has 0 radical (unpaired) electrons. The Balaban J connectivity index is 1.81. The number of likely N-dealkylation sites (N-methyl/N-ethyl adjacent to an activating group) is 1. The standard InChI is InChI=1S/C19H20ClN3O3S/c1-22(2)19(26)15-5-3-9-23(15)18(25)12-7-8-13(20)14(11-12)21-17(24)16-6-4-10-27-16/h4,6-8,10-11,15H,3,5,9H2,1-2H3,(H,21,24). The summed E-state index contributed by atoms with van der Waals surface area (Å²) in [4.78, 5) is 41.2. The second kappa shape index (κ2) is 8.10. The van der Waals surface area contributed by atoms with E-state index in [2.05, 4.69) is 5.32 Å². The maximum atomic E-state index is 13.0. The predicted molar refractivity (Wildman–Crippen MR) is 106 cm³/mol. The highest BCUT2D eigenvalue weighted by atomic mass is 35.5. The second-order valence-corrected chi connectivity index (χ2v) is 7.87. The summed E-state index contributed by atoms with van der Waals surface area (Å²) in [5.41, 5.74) is 0.759. The second-order valence-electron chi connectivity index (χ2n) is 6.52. The molecule has 8 heteroatoms. The summed E-state index contributed by atoms with van der Waals surface area (Å²) in [6, 6.07) is 7.80. The molecule has 2 heterocycles. The number of nitrogens with zero attached hydrogens (tertiary/aromatic N) is 2. The van der Waals surface area contributed by atoms with Gasteiger partial charge in [-0.25, -0.2) is 0 Å². The first kappa shape index (κ1) is 19.4. The summed E-state index contributed by atoms with van der Waals surface area (Å²) in [5.74, 6) is -0.602. The van der Waals surface area contributed by atoms with Crippen LogP contribution < -0.4 is 5.32 Å². The number of thiophene rings is 1. The van der Waals surface area contributed by atoms with E-state index in [9.17, 15) is 14.4 Å². The van der Waals surface area contributed by atoms with Crippen molar-refractivity contribution in [3.05, 3.63) is 51.2 Å². The molecular weight excluding hydrogens is 386 g/mol. The lowest BCUT2D eigenvalue weighted by Gasteiger charge is -2.26. The zero-order valence-electron chi connectivity index (χ0n) is 15.1. The molecule has 1 aromatic heterocycles. The number of anilines is 1. The third-order valence-corrected chi connectivity index (χ3v) is 5.64. The van der Waals surface area contributed by atoms with Gasteiger partial charge in [0.25, 0.3) is 11.8 Å². The van der Waals surface area contributed by atoms with Crippen LogP contribution in [0.15, 0.2) is 35.7 Å². The lowest BCUT2D eigenvalue weighted by atomic mass is 10.1. The average Bonchev–Trinajstić information content (AvgIpc) is 3.34. The fourth-order valence-electron chi connectivity index (χ4n) is 3.08. The molecule has 27 heavy (non-hydrogen) atoms. The minimum atomic E-state index is -0.452. The normalized spacial score (nSPS) is 16.3. The Bertz CT molecular complexity index is 867. The average molecular weight is 406 g/mol. The van der Waals surface area contributed by atoms with E-state index in [0.717, 1.165) is 6.42 Å². The zero-order chi connectivity index (χ0) is 19.6. The molecule has 1 fully saturated rings. The van der Waals surface area contributed by atoms with Gasteiger partial charge in [-0.1, -0.05) is 17.7 Å². The smallest absolute Gasteiger partial charge is 0.265 e. The Morgan fingerprint density at radius 2 is 2.04 bits per heavy atom. The van der Waals surface area contributed by atoms with Crippen molar-refractivity contribution < 1.29 is 14.4 Å². The molecule has 6 nitrogen and oxygen atoms in total. The van der Waals surface area contributed by atoms with E-state index in [-0.39, 0.29) is 17.7 Å². The van der Waals surface area contributed by atoms with Crippen LogP contribution in [0.3, 0.4) is 0 Å². The fraction of sp³-hybridized carbons (Fsp3) is 0.316. The summed E-state index contributed by atoms with van der Waals surface area (Å²) in [6.45, 7) is 0.530. The Morgan fingerprint density at radius 1 is 1.26 bits per heavy atom. The molecule has 1 aromatic carbocycles. The number of rotatable bonds is 4. The van der Waals surface area contributed by atoms with Crippen LogP contribution in [0.4, 0.5) is 5.69 Å². The maximum Gasteiger partial charge on any atom is 0.265 e. The Morgan fingerprint density at radius 3 is 2.70 bits per heavy atom. The summed E-state index contributed by atoms with van der Waals surface area (Å²) in [5, 5.41) is 4.90. The van der Waals surface area contributed by atoms with E-state index in [1.807, 2.05) is 5.38 Å². The van der Waals surface area contributed by atoms with Crippen molar-refractivity contribution in [1.82, 2.24) is 9.80 Å². The van der Waals surface area contributed by atoms with Gasteiger partial charge < -0.3 is 15.1 Å². The van der Waals surface area contributed by atoms with Crippen LogP contribution >= 0.6 is 22.9 Å². The van der Waals surface area contributed by atoms with Crippen LogP contribution in [0.5, 0.6) is 0 Å². The quantitative estimate of drug-likeness (QED) is 0.848. The number of hydrogen-bond donors (Lipinski definition) is 1. The first-order chi connectivity index (χ1) is 12.9. The molecule has 0 spiro atoms. The Hall–Kier alpha value is -2.38. The number of likely N-dealkylation sites (tertiary alicyclic amines) is 1. The number of amides is 3. The van der Waals surface area contributed by atoms with Crippen LogP contribution in [0, 0.1) is 0 Å². The Kier molecular flexibility index (Phi) is 5.82. The molecule has 0 bridgehead atoms. The van der Waals surface area contributed by atoms with Crippen molar-refractivity contribution in [3.8, 4) is 0 Å². The minimum absolute atomic E-state index is 0.0824. The number of benzene rings is 1. The topological polar surface area (TPSA) is 69.7 Å². The van der Waals surface area contributed by atoms with Crippen molar-refractivity contribution in [2.75, 3.05) is 26.0 Å². The minimum Gasteiger partial charge on any atom is -0.347 e. The van der Waals surface area contributed by atoms with Crippen molar-refractivity contribution in [2.24, 2.45) is 0 Å². The largest absolute Gasteiger partial charge is 0.347 e. The lowest BCUT2D eigenvalue weighted by molar-refractivity contribution is -0.132. The highest BCUT2D eigenvalue weighted by Gasteiger charge is 2.35. The molecule has 0 aliphatic carbocycles. The fourth-order valence-corrected chi connectivity index (χ4v) is 3.86. The van der Waals surface area contributed by atoms with Crippen LogP contribution in [-0.2, 0) is 4.79 Å². The number of halogens is 1. The van der Waals surface area contributed by atoms with E-state index in [1.54, 1.807) is 49.3 Å². The third-order valence-electron chi connectivity index (χ3n) is 4.45. The van der Waals surface area contributed by atoms with Gasteiger partial charge in [0.1, 0.15) is 6.04 Å². The summed E-state index contributed by atoms with van der Waals surface area (Å²) >= 11 is 7.51. The van der Waals surface area contributed by atoms with Gasteiger partial charge in [0.05, 0.1) is 15.6 Å². The van der Waals surface area contributed by atoms with Gasteiger partial charge in [-0.2, -0.15) is 0 Å².